The lowest BCUT2D eigenvalue weighted by atomic mass is 9.98. The molecule has 0 aliphatic heterocycles. The third-order valence-electron chi connectivity index (χ3n) is 3.49. The van der Waals surface area contributed by atoms with Crippen LogP contribution >= 0.6 is 0 Å². The van der Waals surface area contributed by atoms with Gasteiger partial charge in [0.25, 0.3) is 5.91 Å². The standard InChI is InChI=1S/C16H13NO3/c18-14-13-9-5-4-6-11(13)10-16(14,20)15(19)17-12-7-2-1-3-8-12/h1-9,20H,10H2,(H,17,19)/t16-/m0/s1. The van der Waals surface area contributed by atoms with E-state index in [1.807, 2.05) is 6.07 Å². The van der Waals surface area contributed by atoms with Gasteiger partial charge in [-0.25, -0.2) is 0 Å². The SMILES string of the molecule is O=C(Nc1ccccc1)[C@]1(O)Cc2ccccc2C1=O. The largest absolute Gasteiger partial charge is 0.373 e. The molecule has 100 valence electrons. The van der Waals surface area contributed by atoms with Crippen LogP contribution in [-0.4, -0.2) is 22.4 Å². The third-order valence-corrected chi connectivity index (χ3v) is 3.49. The van der Waals surface area contributed by atoms with Crippen LogP contribution in [0.3, 0.4) is 0 Å². The summed E-state index contributed by atoms with van der Waals surface area (Å²) < 4.78 is 0. The first kappa shape index (κ1) is 12.6. The fourth-order valence-corrected chi connectivity index (χ4v) is 2.41. The van der Waals surface area contributed by atoms with Crippen molar-refractivity contribution in [2.75, 3.05) is 5.32 Å². The average Bonchev–Trinajstić information content (AvgIpc) is 2.73. The average molecular weight is 267 g/mol. The van der Waals surface area contributed by atoms with Gasteiger partial charge in [0, 0.05) is 17.7 Å². The van der Waals surface area contributed by atoms with E-state index in [9.17, 15) is 14.7 Å². The molecule has 4 nitrogen and oxygen atoms in total. The minimum atomic E-state index is -2.01. The van der Waals surface area contributed by atoms with Crippen LogP contribution < -0.4 is 5.32 Å². The van der Waals surface area contributed by atoms with Crippen LogP contribution in [0.15, 0.2) is 54.6 Å². The molecule has 0 saturated carbocycles. The van der Waals surface area contributed by atoms with Crippen molar-refractivity contribution in [3.05, 3.63) is 65.7 Å². The minimum absolute atomic E-state index is 0.0146. The maximum atomic E-state index is 12.2. The van der Waals surface area contributed by atoms with E-state index < -0.39 is 17.3 Å². The molecule has 20 heavy (non-hydrogen) atoms. The van der Waals surface area contributed by atoms with Crippen molar-refractivity contribution in [1.82, 2.24) is 0 Å². The predicted octanol–water partition coefficient (Wildman–Crippen LogP) is 1.80. The molecule has 2 aromatic carbocycles. The van der Waals surface area contributed by atoms with Gasteiger partial charge < -0.3 is 10.4 Å². The normalized spacial score (nSPS) is 20.6. The van der Waals surface area contributed by atoms with Gasteiger partial charge in [-0.05, 0) is 17.7 Å². The zero-order chi connectivity index (χ0) is 14.2. The molecule has 0 heterocycles. The number of amides is 1. The predicted molar refractivity (Wildman–Crippen MR) is 74.5 cm³/mol. The van der Waals surface area contributed by atoms with Crippen LogP contribution in [0.4, 0.5) is 5.69 Å². The van der Waals surface area contributed by atoms with E-state index in [2.05, 4.69) is 5.32 Å². The summed E-state index contributed by atoms with van der Waals surface area (Å²) in [6.07, 6.45) is 0.0146. The Bertz CT molecular complexity index is 681. The highest BCUT2D eigenvalue weighted by molar-refractivity contribution is 6.22. The molecule has 0 bridgehead atoms. The van der Waals surface area contributed by atoms with Crippen molar-refractivity contribution in [3.8, 4) is 0 Å². The van der Waals surface area contributed by atoms with Gasteiger partial charge in [-0.15, -0.1) is 0 Å². The van der Waals surface area contributed by atoms with Crippen molar-refractivity contribution in [2.24, 2.45) is 0 Å². The maximum absolute atomic E-state index is 12.2. The summed E-state index contributed by atoms with van der Waals surface area (Å²) in [6, 6.07) is 15.6. The number of carbonyl (C=O) groups excluding carboxylic acids is 2. The Balaban J connectivity index is 1.88. The number of aliphatic hydroxyl groups is 1. The second-order valence-corrected chi connectivity index (χ2v) is 4.84. The lowest BCUT2D eigenvalue weighted by Crippen LogP contribution is -2.48. The van der Waals surface area contributed by atoms with Crippen molar-refractivity contribution in [1.29, 1.82) is 0 Å². The van der Waals surface area contributed by atoms with Crippen LogP contribution in [0.5, 0.6) is 0 Å². The van der Waals surface area contributed by atoms with Crippen LogP contribution in [0, 0.1) is 0 Å². The molecule has 2 N–H and O–H groups in total. The molecule has 1 amide bonds. The molecule has 0 saturated heterocycles. The quantitative estimate of drug-likeness (QED) is 0.815. The number of fused-ring (bicyclic) bond motifs is 1. The van der Waals surface area contributed by atoms with E-state index in [1.165, 1.54) is 0 Å². The van der Waals surface area contributed by atoms with Gasteiger partial charge in [0.15, 0.2) is 0 Å². The Morgan fingerprint density at radius 3 is 2.40 bits per heavy atom. The van der Waals surface area contributed by atoms with E-state index in [-0.39, 0.29) is 6.42 Å². The van der Waals surface area contributed by atoms with E-state index in [0.717, 1.165) is 0 Å². The van der Waals surface area contributed by atoms with Crippen LogP contribution in [0.1, 0.15) is 15.9 Å². The number of carbonyl (C=O) groups is 2. The first-order valence-electron chi connectivity index (χ1n) is 6.33. The molecule has 4 heteroatoms. The van der Waals surface area contributed by atoms with Crippen LogP contribution in [-0.2, 0) is 11.2 Å². The zero-order valence-corrected chi connectivity index (χ0v) is 10.7. The Morgan fingerprint density at radius 2 is 1.70 bits per heavy atom. The van der Waals surface area contributed by atoms with Gasteiger partial charge >= 0.3 is 0 Å². The summed E-state index contributed by atoms with van der Waals surface area (Å²) in [4.78, 5) is 24.5. The zero-order valence-electron chi connectivity index (χ0n) is 10.7. The molecular formula is C16H13NO3. The number of hydrogen-bond acceptors (Lipinski definition) is 3. The molecule has 0 unspecified atom stereocenters. The number of Topliss-reactive ketones (excluding diaryl/α,β-unsaturated/α-hetero) is 1. The Morgan fingerprint density at radius 1 is 1.05 bits per heavy atom. The Kier molecular flexibility index (Phi) is 2.88. The number of hydrogen-bond donors (Lipinski definition) is 2. The summed E-state index contributed by atoms with van der Waals surface area (Å²) in [7, 11) is 0. The lowest BCUT2D eigenvalue weighted by Gasteiger charge is -2.19. The van der Waals surface area contributed by atoms with E-state index in [4.69, 9.17) is 0 Å². The summed E-state index contributed by atoms with van der Waals surface area (Å²) >= 11 is 0. The number of anilines is 1. The molecule has 1 aliphatic carbocycles. The Labute approximate surface area is 116 Å². The van der Waals surface area contributed by atoms with E-state index in [0.29, 0.717) is 16.8 Å². The molecule has 2 aromatic rings. The van der Waals surface area contributed by atoms with Gasteiger partial charge in [0.2, 0.25) is 11.4 Å². The monoisotopic (exact) mass is 267 g/mol. The molecule has 0 spiro atoms. The fourth-order valence-electron chi connectivity index (χ4n) is 2.41. The van der Waals surface area contributed by atoms with E-state index >= 15 is 0 Å². The van der Waals surface area contributed by atoms with Crippen molar-refractivity contribution < 1.29 is 14.7 Å². The number of rotatable bonds is 2. The highest BCUT2D eigenvalue weighted by Gasteiger charge is 2.49. The van der Waals surface area contributed by atoms with Crippen molar-refractivity contribution in [2.45, 2.75) is 12.0 Å². The van der Waals surface area contributed by atoms with Crippen molar-refractivity contribution >= 4 is 17.4 Å². The number of para-hydroxylation sites is 1. The third kappa shape index (κ3) is 1.90. The second-order valence-electron chi connectivity index (χ2n) is 4.84. The molecule has 3 rings (SSSR count). The van der Waals surface area contributed by atoms with E-state index in [1.54, 1.807) is 48.5 Å². The van der Waals surface area contributed by atoms with Gasteiger partial charge in [-0.1, -0.05) is 42.5 Å². The minimum Gasteiger partial charge on any atom is -0.373 e. The molecule has 0 fully saturated rings. The lowest BCUT2D eigenvalue weighted by molar-refractivity contribution is -0.129. The highest BCUT2D eigenvalue weighted by Crippen LogP contribution is 2.31. The number of benzene rings is 2. The smallest absolute Gasteiger partial charge is 0.264 e. The fraction of sp³-hybridized carbons (Fsp3) is 0.125. The molecule has 1 atom stereocenters. The molecular weight excluding hydrogens is 254 g/mol. The van der Waals surface area contributed by atoms with Crippen LogP contribution in [0.2, 0.25) is 0 Å². The molecule has 0 aromatic heterocycles. The highest BCUT2D eigenvalue weighted by atomic mass is 16.3. The van der Waals surface area contributed by atoms with Crippen LogP contribution in [0.25, 0.3) is 0 Å². The van der Waals surface area contributed by atoms with Gasteiger partial charge in [0.05, 0.1) is 0 Å². The summed E-state index contributed by atoms with van der Waals surface area (Å²) in [5, 5.41) is 13.0. The summed E-state index contributed by atoms with van der Waals surface area (Å²) in [5.41, 5.74) is -0.351. The second kappa shape index (κ2) is 4.58. The maximum Gasteiger partial charge on any atom is 0.264 e. The molecule has 1 aliphatic rings. The summed E-state index contributed by atoms with van der Waals surface area (Å²) in [6.45, 7) is 0. The van der Waals surface area contributed by atoms with Gasteiger partial charge in [-0.3, -0.25) is 9.59 Å². The summed E-state index contributed by atoms with van der Waals surface area (Å²) in [5.74, 6) is -1.23. The van der Waals surface area contributed by atoms with Gasteiger partial charge in [-0.2, -0.15) is 0 Å². The number of ketones is 1. The Hall–Kier alpha value is -2.46. The van der Waals surface area contributed by atoms with Gasteiger partial charge in [0.1, 0.15) is 0 Å². The first-order valence-corrected chi connectivity index (χ1v) is 6.33. The first-order chi connectivity index (χ1) is 9.61. The topological polar surface area (TPSA) is 66.4 Å². The number of nitrogens with one attached hydrogen (secondary N) is 1. The molecule has 0 radical (unpaired) electrons. The van der Waals surface area contributed by atoms with Crippen molar-refractivity contribution in [3.63, 3.8) is 0 Å².